The Morgan fingerprint density at radius 1 is 1.07 bits per heavy atom. The fraction of sp³-hybridized carbons (Fsp3) is 0.696. The van der Waals surface area contributed by atoms with Crippen LogP contribution in [0.1, 0.15) is 76.2 Å². The van der Waals surface area contributed by atoms with Gasteiger partial charge in [-0.2, -0.15) is 0 Å². The summed E-state index contributed by atoms with van der Waals surface area (Å²) in [5, 5.41) is 3.84. The van der Waals surface area contributed by atoms with E-state index in [2.05, 4.69) is 5.32 Å². The summed E-state index contributed by atoms with van der Waals surface area (Å²) in [4.78, 5) is 11.9. The van der Waals surface area contributed by atoms with Gasteiger partial charge >= 0.3 is 5.97 Å². The highest BCUT2D eigenvalue weighted by Gasteiger charge is 2.33. The molecule has 3 atom stereocenters. The van der Waals surface area contributed by atoms with Gasteiger partial charge in [-0.25, -0.2) is 4.39 Å². The van der Waals surface area contributed by atoms with Crippen LogP contribution in [0.3, 0.4) is 0 Å². The Morgan fingerprint density at radius 3 is 2.52 bits per heavy atom. The second-order valence-corrected chi connectivity index (χ2v) is 8.37. The molecule has 150 valence electrons. The van der Waals surface area contributed by atoms with Gasteiger partial charge in [0, 0.05) is 12.5 Å². The first-order valence-electron chi connectivity index (χ1n) is 10.8. The van der Waals surface area contributed by atoms with E-state index >= 15 is 0 Å². The summed E-state index contributed by atoms with van der Waals surface area (Å²) in [6.07, 6.45) is 10.4. The summed E-state index contributed by atoms with van der Waals surface area (Å²) < 4.78 is 18.5. The Balaban J connectivity index is 1.63. The molecule has 1 aromatic carbocycles. The van der Waals surface area contributed by atoms with Crippen LogP contribution >= 0.6 is 0 Å². The van der Waals surface area contributed by atoms with Crippen molar-refractivity contribution in [1.29, 1.82) is 0 Å². The topological polar surface area (TPSA) is 38.3 Å². The molecular weight excluding hydrogens is 341 g/mol. The maximum Gasteiger partial charge on any atom is 0.306 e. The van der Waals surface area contributed by atoms with Gasteiger partial charge in [0.1, 0.15) is 5.82 Å². The van der Waals surface area contributed by atoms with Crippen LogP contribution in [0.2, 0.25) is 0 Å². The number of benzene rings is 1. The van der Waals surface area contributed by atoms with E-state index in [1.165, 1.54) is 37.7 Å². The van der Waals surface area contributed by atoms with Crippen molar-refractivity contribution in [2.45, 2.75) is 76.7 Å². The zero-order valence-corrected chi connectivity index (χ0v) is 16.6. The van der Waals surface area contributed by atoms with Crippen LogP contribution in [-0.2, 0) is 9.53 Å². The molecule has 2 fully saturated rings. The average molecular weight is 376 g/mol. The van der Waals surface area contributed by atoms with Gasteiger partial charge in [0.15, 0.2) is 0 Å². The SMILES string of the molecule is CCOC(=O)C[C@@H]1CC[C@@H](NCC2CCCCC2)[C@H](c2ccc(F)cc2)C1. The van der Waals surface area contributed by atoms with Crippen LogP contribution < -0.4 is 5.32 Å². The van der Waals surface area contributed by atoms with E-state index in [0.717, 1.165) is 31.7 Å². The molecule has 0 saturated heterocycles. The maximum absolute atomic E-state index is 13.4. The minimum absolute atomic E-state index is 0.0889. The highest BCUT2D eigenvalue weighted by atomic mass is 19.1. The van der Waals surface area contributed by atoms with Gasteiger partial charge in [0.25, 0.3) is 0 Å². The summed E-state index contributed by atoms with van der Waals surface area (Å²) in [6, 6.07) is 7.37. The van der Waals surface area contributed by atoms with E-state index in [0.29, 0.717) is 30.9 Å². The number of rotatable bonds is 7. The predicted octanol–water partition coefficient (Wildman–Crippen LogP) is 5.20. The second-order valence-electron chi connectivity index (χ2n) is 8.37. The number of esters is 1. The number of hydrogen-bond donors (Lipinski definition) is 1. The third kappa shape index (κ3) is 6.03. The van der Waals surface area contributed by atoms with Gasteiger partial charge in [-0.05, 0) is 81.0 Å². The Morgan fingerprint density at radius 2 is 1.81 bits per heavy atom. The van der Waals surface area contributed by atoms with E-state index in [-0.39, 0.29) is 11.8 Å². The lowest BCUT2D eigenvalue weighted by Gasteiger charge is -2.38. The van der Waals surface area contributed by atoms with Crippen LogP contribution in [0, 0.1) is 17.7 Å². The van der Waals surface area contributed by atoms with E-state index in [1.54, 1.807) is 12.1 Å². The summed E-state index contributed by atoms with van der Waals surface area (Å²) in [6.45, 7) is 3.38. The number of hydrogen-bond acceptors (Lipinski definition) is 3. The van der Waals surface area contributed by atoms with Gasteiger partial charge in [-0.1, -0.05) is 31.4 Å². The first-order valence-corrected chi connectivity index (χ1v) is 10.8. The van der Waals surface area contributed by atoms with Crippen LogP contribution in [0.25, 0.3) is 0 Å². The largest absolute Gasteiger partial charge is 0.466 e. The number of carbonyl (C=O) groups excluding carboxylic acids is 1. The predicted molar refractivity (Wildman–Crippen MR) is 106 cm³/mol. The summed E-state index contributed by atoms with van der Waals surface area (Å²) in [5.74, 6) is 1.21. The molecule has 0 heterocycles. The molecule has 27 heavy (non-hydrogen) atoms. The third-order valence-electron chi connectivity index (χ3n) is 6.41. The molecule has 0 radical (unpaired) electrons. The van der Waals surface area contributed by atoms with E-state index in [9.17, 15) is 9.18 Å². The van der Waals surface area contributed by atoms with Crippen molar-refractivity contribution < 1.29 is 13.9 Å². The summed E-state index contributed by atoms with van der Waals surface area (Å²) >= 11 is 0. The fourth-order valence-electron chi connectivity index (χ4n) is 4.93. The highest BCUT2D eigenvalue weighted by Crippen LogP contribution is 2.38. The third-order valence-corrected chi connectivity index (χ3v) is 6.41. The van der Waals surface area contributed by atoms with Crippen LogP contribution in [0.15, 0.2) is 24.3 Å². The number of nitrogens with one attached hydrogen (secondary N) is 1. The first-order chi connectivity index (χ1) is 13.2. The van der Waals surface area contributed by atoms with Crippen LogP contribution in [0.4, 0.5) is 4.39 Å². The first kappa shape index (κ1) is 20.3. The second kappa shape index (κ2) is 10.2. The van der Waals surface area contributed by atoms with Gasteiger partial charge in [0.2, 0.25) is 0 Å². The highest BCUT2D eigenvalue weighted by molar-refractivity contribution is 5.69. The van der Waals surface area contributed by atoms with E-state index in [4.69, 9.17) is 4.74 Å². The van der Waals surface area contributed by atoms with Gasteiger partial charge in [-0.15, -0.1) is 0 Å². The molecule has 2 saturated carbocycles. The standard InChI is InChI=1S/C23H34FNO2/c1-2-27-23(26)15-18-8-13-22(25-16-17-6-4-3-5-7-17)21(14-18)19-9-11-20(24)12-10-19/h9-12,17-18,21-22,25H,2-8,13-16H2,1H3/t18-,21+,22-/m1/s1. The van der Waals surface area contributed by atoms with Crippen LogP contribution in [-0.4, -0.2) is 25.2 Å². The zero-order valence-electron chi connectivity index (χ0n) is 16.6. The Bertz CT molecular complexity index is 583. The Labute approximate surface area is 163 Å². The normalized spacial score (nSPS) is 26.7. The molecule has 1 aromatic rings. The van der Waals surface area contributed by atoms with Gasteiger partial charge in [0.05, 0.1) is 6.61 Å². The van der Waals surface area contributed by atoms with E-state index < -0.39 is 0 Å². The minimum Gasteiger partial charge on any atom is -0.466 e. The van der Waals surface area contributed by atoms with Crippen molar-refractivity contribution in [3.63, 3.8) is 0 Å². The lowest BCUT2D eigenvalue weighted by molar-refractivity contribution is -0.144. The van der Waals surface area contributed by atoms with Gasteiger partial charge in [-0.3, -0.25) is 4.79 Å². The van der Waals surface area contributed by atoms with Crippen molar-refractivity contribution >= 4 is 5.97 Å². The number of carbonyl (C=O) groups is 1. The van der Waals surface area contributed by atoms with Crippen molar-refractivity contribution in [2.24, 2.45) is 11.8 Å². The molecule has 0 spiro atoms. The molecule has 0 amide bonds. The van der Waals surface area contributed by atoms with Crippen molar-refractivity contribution in [3.8, 4) is 0 Å². The molecule has 4 heteroatoms. The monoisotopic (exact) mass is 375 g/mol. The molecule has 1 N–H and O–H groups in total. The molecular formula is C23H34FNO2. The number of halogens is 1. The molecule has 0 unspecified atom stereocenters. The molecule has 3 nitrogen and oxygen atoms in total. The molecule has 2 aliphatic rings. The molecule has 0 aliphatic heterocycles. The zero-order chi connectivity index (χ0) is 19.1. The van der Waals surface area contributed by atoms with Crippen molar-refractivity contribution in [1.82, 2.24) is 5.32 Å². The van der Waals surface area contributed by atoms with Crippen molar-refractivity contribution in [3.05, 3.63) is 35.6 Å². The van der Waals surface area contributed by atoms with E-state index in [1.807, 2.05) is 19.1 Å². The quantitative estimate of drug-likeness (QED) is 0.666. The number of ether oxygens (including phenoxy) is 1. The lowest BCUT2D eigenvalue weighted by atomic mass is 9.73. The summed E-state index contributed by atoms with van der Waals surface area (Å²) in [7, 11) is 0. The smallest absolute Gasteiger partial charge is 0.306 e. The maximum atomic E-state index is 13.4. The lowest BCUT2D eigenvalue weighted by Crippen LogP contribution is -2.42. The Kier molecular flexibility index (Phi) is 7.69. The van der Waals surface area contributed by atoms with Crippen LogP contribution in [0.5, 0.6) is 0 Å². The molecule has 0 bridgehead atoms. The molecule has 2 aliphatic carbocycles. The molecule has 0 aromatic heterocycles. The van der Waals surface area contributed by atoms with Crippen molar-refractivity contribution in [2.75, 3.05) is 13.2 Å². The Hall–Kier alpha value is -1.42. The summed E-state index contributed by atoms with van der Waals surface area (Å²) in [5.41, 5.74) is 1.19. The minimum atomic E-state index is -0.190. The van der Waals surface area contributed by atoms with Gasteiger partial charge < -0.3 is 10.1 Å². The fourth-order valence-corrected chi connectivity index (χ4v) is 4.93. The average Bonchev–Trinajstić information content (AvgIpc) is 2.68. The molecule has 3 rings (SSSR count).